The summed E-state index contributed by atoms with van der Waals surface area (Å²) in [7, 11) is 0. The summed E-state index contributed by atoms with van der Waals surface area (Å²) in [6.45, 7) is 6.69. The van der Waals surface area contributed by atoms with E-state index >= 15 is 0 Å². The molecule has 1 aliphatic heterocycles. The van der Waals surface area contributed by atoms with Gasteiger partial charge in [-0.25, -0.2) is 4.79 Å². The van der Waals surface area contributed by atoms with E-state index < -0.39 is 11.7 Å². The van der Waals surface area contributed by atoms with Gasteiger partial charge in [0, 0.05) is 36.8 Å². The Kier molecular flexibility index (Phi) is 4.45. The van der Waals surface area contributed by atoms with Gasteiger partial charge in [-0.3, -0.25) is 4.98 Å². The molecule has 24 heavy (non-hydrogen) atoms. The lowest BCUT2D eigenvalue weighted by Crippen LogP contribution is -2.35. The third-order valence-corrected chi connectivity index (χ3v) is 4.36. The second-order valence-corrected chi connectivity index (χ2v) is 7.36. The lowest BCUT2D eigenvalue weighted by molar-refractivity contribution is 0.0268. The van der Waals surface area contributed by atoms with E-state index in [2.05, 4.69) is 4.98 Å². The fourth-order valence-corrected chi connectivity index (χ4v) is 3.19. The molecule has 1 fully saturated rings. The largest absolute Gasteiger partial charge is 0.444 e. The molecule has 2 atom stereocenters. The Morgan fingerprint density at radius 1 is 1.38 bits per heavy atom. The minimum Gasteiger partial charge on any atom is -0.444 e. The van der Waals surface area contributed by atoms with Crippen molar-refractivity contribution in [3.8, 4) is 0 Å². The predicted octanol–water partition coefficient (Wildman–Crippen LogP) is 3.53. The zero-order valence-corrected chi connectivity index (χ0v) is 14.4. The van der Waals surface area contributed by atoms with Crippen molar-refractivity contribution in [3.63, 3.8) is 0 Å². The summed E-state index contributed by atoms with van der Waals surface area (Å²) in [5.41, 5.74) is 0.367. The van der Waals surface area contributed by atoms with Gasteiger partial charge < -0.3 is 14.7 Å². The molecule has 5 nitrogen and oxygen atoms in total. The average molecular weight is 328 g/mol. The molecule has 1 saturated heterocycles. The van der Waals surface area contributed by atoms with Crippen LogP contribution in [-0.4, -0.2) is 39.8 Å². The molecule has 1 aliphatic rings. The van der Waals surface area contributed by atoms with Gasteiger partial charge in [0.15, 0.2) is 0 Å². The molecule has 1 N–H and O–H groups in total. The van der Waals surface area contributed by atoms with Crippen LogP contribution in [0.4, 0.5) is 4.79 Å². The molecule has 0 spiro atoms. The molecular formula is C19H24N2O3. The number of nitrogens with zero attached hydrogens (tertiary/aromatic N) is 2. The van der Waals surface area contributed by atoms with Gasteiger partial charge in [-0.05, 0) is 44.2 Å². The molecule has 5 heteroatoms. The van der Waals surface area contributed by atoms with E-state index in [1.54, 1.807) is 17.3 Å². The molecule has 1 aromatic heterocycles. The van der Waals surface area contributed by atoms with Crippen molar-refractivity contribution in [1.82, 2.24) is 9.88 Å². The maximum absolute atomic E-state index is 12.2. The van der Waals surface area contributed by atoms with Gasteiger partial charge in [-0.15, -0.1) is 0 Å². The number of hydrogen-bond acceptors (Lipinski definition) is 4. The Morgan fingerprint density at radius 3 is 2.92 bits per heavy atom. The third kappa shape index (κ3) is 3.51. The van der Waals surface area contributed by atoms with Crippen molar-refractivity contribution in [2.45, 2.75) is 38.9 Å². The number of carbonyl (C=O) groups excluding carboxylic acids is 1. The lowest BCUT2D eigenvalue weighted by Gasteiger charge is -2.25. The topological polar surface area (TPSA) is 62.7 Å². The van der Waals surface area contributed by atoms with Gasteiger partial charge in [-0.1, -0.05) is 18.2 Å². The van der Waals surface area contributed by atoms with Crippen LogP contribution in [0.2, 0.25) is 0 Å². The van der Waals surface area contributed by atoms with E-state index in [1.807, 2.05) is 45.0 Å². The maximum atomic E-state index is 12.2. The first kappa shape index (κ1) is 16.7. The smallest absolute Gasteiger partial charge is 0.410 e. The first-order valence-electron chi connectivity index (χ1n) is 8.34. The molecular weight excluding hydrogens is 304 g/mol. The van der Waals surface area contributed by atoms with Gasteiger partial charge in [0.1, 0.15) is 5.60 Å². The molecule has 0 radical (unpaired) electrons. The van der Waals surface area contributed by atoms with Crippen LogP contribution in [0.15, 0.2) is 36.7 Å². The molecule has 1 amide bonds. The molecule has 0 bridgehead atoms. The fourth-order valence-electron chi connectivity index (χ4n) is 3.19. The number of aliphatic hydroxyl groups excluding tert-OH is 1. The lowest BCUT2D eigenvalue weighted by atomic mass is 9.92. The number of rotatable bonds is 2. The summed E-state index contributed by atoms with van der Waals surface area (Å²) in [4.78, 5) is 18.0. The van der Waals surface area contributed by atoms with Crippen molar-refractivity contribution in [2.24, 2.45) is 5.92 Å². The SMILES string of the molecule is CC(C)(C)OC(=O)N1CCC(C(O)c2cccc3ccncc23)C1. The maximum Gasteiger partial charge on any atom is 0.410 e. The number of hydrogen-bond donors (Lipinski definition) is 1. The zero-order valence-electron chi connectivity index (χ0n) is 14.4. The van der Waals surface area contributed by atoms with E-state index in [0.717, 1.165) is 22.8 Å². The van der Waals surface area contributed by atoms with Crippen LogP contribution in [0.1, 0.15) is 38.9 Å². The number of benzene rings is 1. The normalized spacial score (nSPS) is 19.5. The van der Waals surface area contributed by atoms with Gasteiger partial charge >= 0.3 is 6.09 Å². The zero-order chi connectivity index (χ0) is 17.3. The summed E-state index contributed by atoms with van der Waals surface area (Å²) >= 11 is 0. The predicted molar refractivity (Wildman–Crippen MR) is 92.6 cm³/mol. The van der Waals surface area contributed by atoms with Gasteiger partial charge in [0.05, 0.1) is 6.10 Å². The molecule has 128 valence electrons. The average Bonchev–Trinajstić information content (AvgIpc) is 3.02. The number of carbonyl (C=O) groups is 1. The van der Waals surface area contributed by atoms with E-state index in [-0.39, 0.29) is 12.0 Å². The number of ether oxygens (including phenoxy) is 1. The van der Waals surface area contributed by atoms with Crippen LogP contribution in [0.5, 0.6) is 0 Å². The number of pyridine rings is 1. The first-order chi connectivity index (χ1) is 11.3. The van der Waals surface area contributed by atoms with Crippen molar-refractivity contribution < 1.29 is 14.6 Å². The number of amides is 1. The highest BCUT2D eigenvalue weighted by atomic mass is 16.6. The van der Waals surface area contributed by atoms with Crippen molar-refractivity contribution in [2.75, 3.05) is 13.1 Å². The standard InChI is InChI=1S/C19H24N2O3/c1-19(2,3)24-18(23)21-10-8-14(12-21)17(22)15-6-4-5-13-7-9-20-11-16(13)15/h4-7,9,11,14,17,22H,8,10,12H2,1-3H3. The van der Waals surface area contributed by atoms with Crippen molar-refractivity contribution >= 4 is 16.9 Å². The van der Waals surface area contributed by atoms with Crippen molar-refractivity contribution in [3.05, 3.63) is 42.2 Å². The minimum absolute atomic E-state index is 0.00308. The first-order valence-corrected chi connectivity index (χ1v) is 8.34. The van der Waals surface area contributed by atoms with E-state index in [9.17, 15) is 9.90 Å². The Balaban J connectivity index is 1.74. The van der Waals surface area contributed by atoms with E-state index in [0.29, 0.717) is 13.1 Å². The van der Waals surface area contributed by atoms with E-state index in [4.69, 9.17) is 4.74 Å². The third-order valence-electron chi connectivity index (χ3n) is 4.36. The second-order valence-electron chi connectivity index (χ2n) is 7.36. The molecule has 2 heterocycles. The van der Waals surface area contributed by atoms with Crippen LogP contribution in [-0.2, 0) is 4.74 Å². The minimum atomic E-state index is -0.620. The van der Waals surface area contributed by atoms with Gasteiger partial charge in [-0.2, -0.15) is 0 Å². The number of likely N-dealkylation sites (tertiary alicyclic amines) is 1. The highest BCUT2D eigenvalue weighted by molar-refractivity contribution is 5.85. The van der Waals surface area contributed by atoms with Crippen LogP contribution in [0.3, 0.4) is 0 Å². The Labute approximate surface area is 142 Å². The Hall–Kier alpha value is -2.14. The summed E-state index contributed by atoms with van der Waals surface area (Å²) < 4.78 is 5.42. The fraction of sp³-hybridized carbons (Fsp3) is 0.474. The summed E-state index contributed by atoms with van der Waals surface area (Å²) in [6.07, 6.45) is 3.37. The summed E-state index contributed by atoms with van der Waals surface area (Å²) in [5.74, 6) is 0.00308. The Morgan fingerprint density at radius 2 is 2.17 bits per heavy atom. The highest BCUT2D eigenvalue weighted by Gasteiger charge is 2.34. The molecule has 0 aliphatic carbocycles. The van der Waals surface area contributed by atoms with Crippen LogP contribution in [0.25, 0.3) is 10.8 Å². The van der Waals surface area contributed by atoms with Crippen molar-refractivity contribution in [1.29, 1.82) is 0 Å². The monoisotopic (exact) mass is 328 g/mol. The number of aliphatic hydroxyl groups is 1. The molecule has 0 saturated carbocycles. The number of aromatic nitrogens is 1. The van der Waals surface area contributed by atoms with Crippen LogP contribution >= 0.6 is 0 Å². The molecule has 1 aromatic carbocycles. The molecule has 2 aromatic rings. The van der Waals surface area contributed by atoms with Gasteiger partial charge in [0.2, 0.25) is 0 Å². The van der Waals surface area contributed by atoms with Crippen LogP contribution in [0, 0.1) is 5.92 Å². The number of fused-ring (bicyclic) bond motifs is 1. The molecule has 2 unspecified atom stereocenters. The van der Waals surface area contributed by atoms with Crippen LogP contribution < -0.4 is 0 Å². The van der Waals surface area contributed by atoms with Gasteiger partial charge in [0.25, 0.3) is 0 Å². The van der Waals surface area contributed by atoms with E-state index in [1.165, 1.54) is 0 Å². The summed E-state index contributed by atoms with van der Waals surface area (Å²) in [5, 5.41) is 12.9. The summed E-state index contributed by atoms with van der Waals surface area (Å²) in [6, 6.07) is 7.83. The molecule has 3 rings (SSSR count). The quantitative estimate of drug-likeness (QED) is 0.916. The highest BCUT2D eigenvalue weighted by Crippen LogP contribution is 2.34. The Bertz CT molecular complexity index is 733. The second kappa shape index (κ2) is 6.40.